The summed E-state index contributed by atoms with van der Waals surface area (Å²) in [5, 5.41) is 23.3. The van der Waals surface area contributed by atoms with Crippen molar-refractivity contribution in [3.05, 3.63) is 48.6 Å². The molecule has 0 unspecified atom stereocenters. The predicted octanol–water partition coefficient (Wildman–Crippen LogP) is 1.44. The molecule has 2 aromatic heterocycles. The Morgan fingerprint density at radius 3 is 2.76 bits per heavy atom. The Morgan fingerprint density at radius 1 is 1.24 bits per heavy atom. The van der Waals surface area contributed by atoms with Gasteiger partial charge in [0.1, 0.15) is 5.75 Å². The molecule has 0 saturated heterocycles. The molecule has 1 aliphatic carbocycles. The third-order valence-corrected chi connectivity index (χ3v) is 7.28. The fourth-order valence-electron chi connectivity index (χ4n) is 5.01. The number of ether oxygens (including phenoxy) is 1. The van der Waals surface area contributed by atoms with Crippen LogP contribution in [0.15, 0.2) is 26.2 Å². The van der Waals surface area contributed by atoms with Crippen molar-refractivity contribution in [2.45, 2.75) is 64.4 Å². The smallest absolute Gasteiger partial charge is 0.332 e. The summed E-state index contributed by atoms with van der Waals surface area (Å²) < 4.78 is 10.8. The van der Waals surface area contributed by atoms with Crippen LogP contribution in [0.25, 0.3) is 11.2 Å². The highest BCUT2D eigenvalue weighted by Gasteiger charge is 2.29. The fourth-order valence-corrected chi connectivity index (χ4v) is 5.67. The Balaban J connectivity index is 1.71. The Morgan fingerprint density at radius 2 is 2.06 bits per heavy atom. The molecule has 0 amide bonds. The number of aromatic nitrogens is 4. The SMILES string of the molecule is CCn1c(=O)c2c(nc(N[C@@H]3CCC[C@H]3O)n2Cc2cc(Br)c3c(c2)CCO3)n(CCO)c1=O. The van der Waals surface area contributed by atoms with E-state index in [1.807, 2.05) is 6.07 Å². The number of rotatable bonds is 7. The van der Waals surface area contributed by atoms with Crippen molar-refractivity contribution in [3.63, 3.8) is 0 Å². The number of benzene rings is 1. The highest BCUT2D eigenvalue weighted by Crippen LogP contribution is 2.35. The summed E-state index contributed by atoms with van der Waals surface area (Å²) >= 11 is 3.59. The van der Waals surface area contributed by atoms with Crippen molar-refractivity contribution in [2.75, 3.05) is 18.5 Å². The van der Waals surface area contributed by atoms with E-state index in [1.54, 1.807) is 11.5 Å². The lowest BCUT2D eigenvalue weighted by molar-refractivity contribution is 0.171. The zero-order valence-electron chi connectivity index (χ0n) is 19.0. The molecule has 2 aliphatic rings. The maximum atomic E-state index is 13.4. The molecule has 11 heteroatoms. The summed E-state index contributed by atoms with van der Waals surface area (Å²) in [4.78, 5) is 31.1. The number of fused-ring (bicyclic) bond motifs is 2. The Kier molecular flexibility index (Phi) is 6.26. The largest absolute Gasteiger partial charge is 0.492 e. The van der Waals surface area contributed by atoms with Gasteiger partial charge in [0.2, 0.25) is 5.95 Å². The van der Waals surface area contributed by atoms with E-state index in [0.717, 1.165) is 45.2 Å². The van der Waals surface area contributed by atoms with Gasteiger partial charge in [0.05, 0.1) is 42.9 Å². The molecule has 3 N–H and O–H groups in total. The maximum absolute atomic E-state index is 13.4. The van der Waals surface area contributed by atoms with E-state index >= 15 is 0 Å². The van der Waals surface area contributed by atoms with Crippen molar-refractivity contribution < 1.29 is 14.9 Å². The molecular weight excluding hydrogens is 506 g/mol. The number of hydrogen-bond acceptors (Lipinski definition) is 7. The molecule has 1 fully saturated rings. The normalized spacial score (nSPS) is 19.5. The second-order valence-corrected chi connectivity index (χ2v) is 9.67. The van der Waals surface area contributed by atoms with Gasteiger partial charge in [-0.2, -0.15) is 4.98 Å². The Bertz CT molecular complexity index is 1360. The molecule has 1 aliphatic heterocycles. The van der Waals surface area contributed by atoms with E-state index in [1.165, 1.54) is 4.57 Å². The number of nitrogens with one attached hydrogen (secondary N) is 1. The first-order valence-corrected chi connectivity index (χ1v) is 12.5. The van der Waals surface area contributed by atoms with E-state index in [2.05, 4.69) is 32.3 Å². The first-order chi connectivity index (χ1) is 16.4. The van der Waals surface area contributed by atoms with Gasteiger partial charge in [-0.05, 0) is 59.3 Å². The topological polar surface area (TPSA) is 124 Å². The molecule has 3 heterocycles. The summed E-state index contributed by atoms with van der Waals surface area (Å²) in [6.45, 7) is 2.68. The van der Waals surface area contributed by atoms with E-state index < -0.39 is 17.4 Å². The van der Waals surface area contributed by atoms with Crippen LogP contribution < -0.4 is 21.3 Å². The predicted molar refractivity (Wildman–Crippen MR) is 131 cm³/mol. The lowest BCUT2D eigenvalue weighted by atomic mass is 10.1. The monoisotopic (exact) mass is 533 g/mol. The first kappa shape index (κ1) is 23.1. The van der Waals surface area contributed by atoms with Crippen molar-refractivity contribution in [1.29, 1.82) is 0 Å². The summed E-state index contributed by atoms with van der Waals surface area (Å²) in [5.74, 6) is 1.27. The van der Waals surface area contributed by atoms with Crippen molar-refractivity contribution in [2.24, 2.45) is 0 Å². The molecule has 0 spiro atoms. The van der Waals surface area contributed by atoms with E-state index in [0.29, 0.717) is 25.5 Å². The van der Waals surface area contributed by atoms with Crippen LogP contribution in [-0.2, 0) is 26.1 Å². The van der Waals surface area contributed by atoms with E-state index in [4.69, 9.17) is 4.74 Å². The highest BCUT2D eigenvalue weighted by molar-refractivity contribution is 9.10. The summed E-state index contributed by atoms with van der Waals surface area (Å²) in [6.07, 6.45) is 2.69. The second kappa shape index (κ2) is 9.20. The van der Waals surface area contributed by atoms with E-state index in [9.17, 15) is 19.8 Å². The second-order valence-electron chi connectivity index (χ2n) is 8.81. The van der Waals surface area contributed by atoms with E-state index in [-0.39, 0.29) is 36.9 Å². The van der Waals surface area contributed by atoms with Gasteiger partial charge in [0.25, 0.3) is 5.56 Å². The molecule has 0 bridgehead atoms. The summed E-state index contributed by atoms with van der Waals surface area (Å²) in [6, 6.07) is 3.84. The average molecular weight is 534 g/mol. The summed E-state index contributed by atoms with van der Waals surface area (Å²) in [5.41, 5.74) is 1.65. The number of aliphatic hydroxyl groups excluding tert-OH is 2. The van der Waals surface area contributed by atoms with Gasteiger partial charge in [0.15, 0.2) is 11.2 Å². The molecule has 0 radical (unpaired) electrons. The standard InChI is InChI=1S/C23H28BrN5O5/c1-2-27-21(32)18-20(28(7-8-30)23(27)33)26-22(25-16-4-3-5-17(16)31)29(18)12-13-10-14-6-9-34-19(14)15(24)11-13/h10-11,16-17,30-31H,2-9,12H2,1H3,(H,25,26)/t16-,17-/m1/s1. The van der Waals surface area contributed by atoms with Gasteiger partial charge in [-0.1, -0.05) is 6.07 Å². The van der Waals surface area contributed by atoms with Crippen LogP contribution in [0.2, 0.25) is 0 Å². The van der Waals surface area contributed by atoms with Gasteiger partial charge in [-0.15, -0.1) is 0 Å². The number of hydrogen-bond donors (Lipinski definition) is 3. The lowest BCUT2D eigenvalue weighted by Crippen LogP contribution is -2.40. The van der Waals surface area contributed by atoms with Crippen LogP contribution in [0.1, 0.15) is 37.3 Å². The van der Waals surface area contributed by atoms with Gasteiger partial charge in [0, 0.05) is 13.0 Å². The van der Waals surface area contributed by atoms with Crippen LogP contribution in [0.3, 0.4) is 0 Å². The van der Waals surface area contributed by atoms with Crippen LogP contribution >= 0.6 is 15.9 Å². The molecular formula is C23H28BrN5O5. The molecule has 182 valence electrons. The number of nitrogens with zero attached hydrogens (tertiary/aromatic N) is 4. The highest BCUT2D eigenvalue weighted by atomic mass is 79.9. The van der Waals surface area contributed by atoms with Gasteiger partial charge in [-0.25, -0.2) is 4.79 Å². The first-order valence-electron chi connectivity index (χ1n) is 11.7. The van der Waals surface area contributed by atoms with Crippen LogP contribution in [0, 0.1) is 0 Å². The fraction of sp³-hybridized carbons (Fsp3) is 0.522. The van der Waals surface area contributed by atoms with Crippen molar-refractivity contribution in [1.82, 2.24) is 18.7 Å². The molecule has 5 rings (SSSR count). The lowest BCUT2D eigenvalue weighted by Gasteiger charge is -2.18. The van der Waals surface area contributed by atoms with Crippen molar-refractivity contribution >= 4 is 33.0 Å². The number of anilines is 1. The Labute approximate surface area is 203 Å². The van der Waals surface area contributed by atoms with Gasteiger partial charge >= 0.3 is 5.69 Å². The minimum Gasteiger partial charge on any atom is -0.492 e. The zero-order chi connectivity index (χ0) is 24.0. The summed E-state index contributed by atoms with van der Waals surface area (Å²) in [7, 11) is 0. The van der Waals surface area contributed by atoms with Crippen LogP contribution in [-0.4, -0.2) is 54.3 Å². The van der Waals surface area contributed by atoms with Crippen LogP contribution in [0.4, 0.5) is 5.95 Å². The molecule has 1 aromatic carbocycles. The van der Waals surface area contributed by atoms with Crippen LogP contribution in [0.5, 0.6) is 5.75 Å². The molecule has 2 atom stereocenters. The zero-order valence-corrected chi connectivity index (χ0v) is 20.5. The number of imidazole rings is 1. The van der Waals surface area contributed by atoms with Gasteiger partial charge < -0.3 is 20.3 Å². The molecule has 3 aromatic rings. The minimum atomic E-state index is -0.508. The molecule has 1 saturated carbocycles. The average Bonchev–Trinajstić information content (AvgIpc) is 3.52. The Hall–Kier alpha value is -2.63. The quantitative estimate of drug-likeness (QED) is 0.419. The molecule has 34 heavy (non-hydrogen) atoms. The third kappa shape index (κ3) is 3.85. The number of halogens is 1. The minimum absolute atomic E-state index is 0.0276. The van der Waals surface area contributed by atoms with Crippen molar-refractivity contribution in [3.8, 4) is 5.75 Å². The maximum Gasteiger partial charge on any atom is 0.332 e. The molecule has 10 nitrogen and oxygen atoms in total. The third-order valence-electron chi connectivity index (χ3n) is 6.69. The van der Waals surface area contributed by atoms with Gasteiger partial charge in [-0.3, -0.25) is 18.5 Å². The number of aliphatic hydroxyl groups is 2.